The lowest BCUT2D eigenvalue weighted by Crippen LogP contribution is -2.39. The lowest BCUT2D eigenvalue weighted by Gasteiger charge is -2.32. The van der Waals surface area contributed by atoms with Gasteiger partial charge >= 0.3 is 0 Å². The number of benzene rings is 1. The highest BCUT2D eigenvalue weighted by atomic mass is 15.2. The van der Waals surface area contributed by atoms with Crippen molar-refractivity contribution in [3.8, 4) is 0 Å². The van der Waals surface area contributed by atoms with E-state index in [1.807, 2.05) is 25.4 Å². The van der Waals surface area contributed by atoms with E-state index in [4.69, 9.17) is 0 Å². The first-order valence-corrected chi connectivity index (χ1v) is 11.4. The van der Waals surface area contributed by atoms with Crippen molar-refractivity contribution >= 4 is 5.96 Å². The molecule has 1 aliphatic heterocycles. The van der Waals surface area contributed by atoms with Gasteiger partial charge in [-0.2, -0.15) is 0 Å². The Labute approximate surface area is 182 Å². The number of guanidine groups is 1. The predicted molar refractivity (Wildman–Crippen MR) is 126 cm³/mol. The quantitative estimate of drug-likeness (QED) is 0.359. The molecule has 2 heterocycles. The van der Waals surface area contributed by atoms with E-state index >= 15 is 0 Å². The Kier molecular flexibility index (Phi) is 9.67. The highest BCUT2D eigenvalue weighted by Gasteiger charge is 2.18. The average Bonchev–Trinajstić information content (AvgIpc) is 2.80. The maximum Gasteiger partial charge on any atom is 0.190 e. The van der Waals surface area contributed by atoms with E-state index in [2.05, 4.69) is 61.9 Å². The first-order chi connectivity index (χ1) is 14.8. The van der Waals surface area contributed by atoms with Crippen LogP contribution in [-0.4, -0.2) is 55.6 Å². The second-order valence-electron chi connectivity index (χ2n) is 8.18. The third kappa shape index (κ3) is 8.15. The van der Waals surface area contributed by atoms with E-state index in [0.29, 0.717) is 0 Å². The molecule has 0 bridgehead atoms. The molecule has 0 saturated carbocycles. The van der Waals surface area contributed by atoms with Gasteiger partial charge < -0.3 is 15.5 Å². The number of hydrogen-bond acceptors (Lipinski definition) is 3. The van der Waals surface area contributed by atoms with Crippen LogP contribution >= 0.6 is 0 Å². The maximum atomic E-state index is 4.35. The Morgan fingerprint density at radius 1 is 1.00 bits per heavy atom. The number of hydrogen-bond donors (Lipinski definition) is 2. The molecule has 2 aromatic rings. The zero-order valence-corrected chi connectivity index (χ0v) is 18.4. The topological polar surface area (TPSA) is 52.6 Å². The lowest BCUT2D eigenvalue weighted by atomic mass is 9.90. The molecular weight excluding hydrogens is 370 g/mol. The van der Waals surface area contributed by atoms with Crippen LogP contribution in [-0.2, 0) is 12.8 Å². The summed E-state index contributed by atoms with van der Waals surface area (Å²) in [6, 6.07) is 17.0. The average molecular weight is 408 g/mol. The Morgan fingerprint density at radius 3 is 2.50 bits per heavy atom. The van der Waals surface area contributed by atoms with Crippen molar-refractivity contribution in [1.29, 1.82) is 0 Å². The molecule has 0 radical (unpaired) electrons. The molecule has 162 valence electrons. The van der Waals surface area contributed by atoms with Crippen molar-refractivity contribution in [3.05, 3.63) is 66.0 Å². The van der Waals surface area contributed by atoms with E-state index in [1.165, 1.54) is 57.3 Å². The third-order valence-corrected chi connectivity index (χ3v) is 5.89. The first kappa shape index (κ1) is 22.3. The van der Waals surface area contributed by atoms with Crippen molar-refractivity contribution in [1.82, 2.24) is 20.5 Å². The second kappa shape index (κ2) is 13.0. The number of piperidine rings is 1. The molecule has 0 atom stereocenters. The van der Waals surface area contributed by atoms with E-state index < -0.39 is 0 Å². The summed E-state index contributed by atoms with van der Waals surface area (Å²) in [5, 5.41) is 6.80. The summed E-state index contributed by atoms with van der Waals surface area (Å²) in [4.78, 5) is 11.3. The SMILES string of the molecule is CN=C(NCCCCN1CCC(Cc2ccccc2)CC1)NCCc1ccccn1. The molecule has 0 aliphatic carbocycles. The maximum absolute atomic E-state index is 4.35. The number of aromatic nitrogens is 1. The van der Waals surface area contributed by atoms with Crippen LogP contribution in [0.4, 0.5) is 0 Å². The van der Waals surface area contributed by atoms with Crippen molar-refractivity contribution in [3.63, 3.8) is 0 Å². The summed E-state index contributed by atoms with van der Waals surface area (Å²) >= 11 is 0. The van der Waals surface area contributed by atoms with Crippen molar-refractivity contribution in [2.45, 2.75) is 38.5 Å². The number of nitrogens with zero attached hydrogens (tertiary/aromatic N) is 3. The molecule has 5 heteroatoms. The number of unbranched alkanes of at least 4 members (excludes halogenated alkanes) is 1. The zero-order chi connectivity index (χ0) is 20.9. The van der Waals surface area contributed by atoms with Gasteiger partial charge in [-0.25, -0.2) is 0 Å². The minimum Gasteiger partial charge on any atom is -0.356 e. The van der Waals surface area contributed by atoms with Gasteiger partial charge in [0.05, 0.1) is 0 Å². The van der Waals surface area contributed by atoms with Crippen LogP contribution in [0.3, 0.4) is 0 Å². The van der Waals surface area contributed by atoms with E-state index in [1.54, 1.807) is 0 Å². The lowest BCUT2D eigenvalue weighted by molar-refractivity contribution is 0.181. The Hall–Kier alpha value is -2.40. The molecule has 1 aromatic carbocycles. The van der Waals surface area contributed by atoms with Gasteiger partial charge in [0, 0.05) is 38.4 Å². The minimum absolute atomic E-state index is 0.842. The number of pyridine rings is 1. The molecule has 3 rings (SSSR count). The van der Waals surface area contributed by atoms with Crippen molar-refractivity contribution in [2.75, 3.05) is 39.8 Å². The van der Waals surface area contributed by atoms with Crippen LogP contribution in [0.1, 0.15) is 36.9 Å². The molecule has 1 fully saturated rings. The first-order valence-electron chi connectivity index (χ1n) is 11.4. The second-order valence-corrected chi connectivity index (χ2v) is 8.18. The number of aliphatic imine (C=N–C) groups is 1. The molecule has 1 aromatic heterocycles. The van der Waals surface area contributed by atoms with E-state index in [-0.39, 0.29) is 0 Å². The molecule has 30 heavy (non-hydrogen) atoms. The molecule has 0 amide bonds. The largest absolute Gasteiger partial charge is 0.356 e. The fraction of sp³-hybridized carbons (Fsp3) is 0.520. The molecule has 0 unspecified atom stereocenters. The number of nitrogens with one attached hydrogen (secondary N) is 2. The van der Waals surface area contributed by atoms with Crippen LogP contribution in [0.2, 0.25) is 0 Å². The monoisotopic (exact) mass is 407 g/mol. The molecule has 1 aliphatic rings. The van der Waals surface area contributed by atoms with Gasteiger partial charge in [-0.3, -0.25) is 9.98 Å². The minimum atomic E-state index is 0.842. The molecule has 0 spiro atoms. The Balaban J connectivity index is 1.21. The fourth-order valence-electron chi connectivity index (χ4n) is 4.10. The molecular formula is C25H37N5. The molecule has 1 saturated heterocycles. The number of likely N-dealkylation sites (tertiary alicyclic amines) is 1. The highest BCUT2D eigenvalue weighted by molar-refractivity contribution is 5.79. The smallest absolute Gasteiger partial charge is 0.190 e. The standard InChI is InChI=1S/C25H37N5/c1-26-25(29-17-12-24-11-5-6-15-27-24)28-16-7-8-18-30-19-13-23(14-20-30)21-22-9-3-2-4-10-22/h2-6,9-11,15,23H,7-8,12-14,16-21H2,1H3,(H2,26,28,29). The van der Waals surface area contributed by atoms with E-state index in [9.17, 15) is 0 Å². The Bertz CT molecular complexity index is 724. The molecule has 2 N–H and O–H groups in total. The van der Waals surface area contributed by atoms with Crippen LogP contribution in [0, 0.1) is 5.92 Å². The normalized spacial score (nSPS) is 15.8. The van der Waals surface area contributed by atoms with Gasteiger partial charge in [0.2, 0.25) is 0 Å². The summed E-state index contributed by atoms with van der Waals surface area (Å²) < 4.78 is 0. The fourth-order valence-corrected chi connectivity index (χ4v) is 4.10. The van der Waals surface area contributed by atoms with Gasteiger partial charge in [0.1, 0.15) is 0 Å². The third-order valence-electron chi connectivity index (χ3n) is 5.89. The van der Waals surface area contributed by atoms with Crippen LogP contribution in [0.25, 0.3) is 0 Å². The van der Waals surface area contributed by atoms with Gasteiger partial charge in [-0.1, -0.05) is 36.4 Å². The van der Waals surface area contributed by atoms with Crippen molar-refractivity contribution in [2.24, 2.45) is 10.9 Å². The predicted octanol–water partition coefficient (Wildman–Crippen LogP) is 3.52. The summed E-state index contributed by atoms with van der Waals surface area (Å²) in [6.07, 6.45) is 9.06. The summed E-state index contributed by atoms with van der Waals surface area (Å²) in [5.74, 6) is 1.73. The number of rotatable bonds is 10. The summed E-state index contributed by atoms with van der Waals surface area (Å²) in [6.45, 7) is 5.52. The summed E-state index contributed by atoms with van der Waals surface area (Å²) in [7, 11) is 1.83. The summed E-state index contributed by atoms with van der Waals surface area (Å²) in [5.41, 5.74) is 2.59. The highest BCUT2D eigenvalue weighted by Crippen LogP contribution is 2.21. The van der Waals surface area contributed by atoms with E-state index in [0.717, 1.165) is 37.1 Å². The van der Waals surface area contributed by atoms with Crippen LogP contribution < -0.4 is 10.6 Å². The van der Waals surface area contributed by atoms with Crippen LogP contribution in [0.5, 0.6) is 0 Å². The zero-order valence-electron chi connectivity index (χ0n) is 18.4. The van der Waals surface area contributed by atoms with Gasteiger partial charge in [0.25, 0.3) is 0 Å². The van der Waals surface area contributed by atoms with Gasteiger partial charge in [0.15, 0.2) is 5.96 Å². The Morgan fingerprint density at radius 2 is 1.77 bits per heavy atom. The van der Waals surface area contributed by atoms with Gasteiger partial charge in [-0.15, -0.1) is 0 Å². The van der Waals surface area contributed by atoms with Gasteiger partial charge in [-0.05, 0) is 75.4 Å². The van der Waals surface area contributed by atoms with Crippen LogP contribution in [0.15, 0.2) is 59.7 Å². The van der Waals surface area contributed by atoms with Crippen molar-refractivity contribution < 1.29 is 0 Å². The molecule has 5 nitrogen and oxygen atoms in total.